The number of carboxylic acids is 1. The lowest BCUT2D eigenvalue weighted by Gasteiger charge is -2.23. The average molecular weight is 436 g/mol. The van der Waals surface area contributed by atoms with Crippen molar-refractivity contribution < 1.29 is 34.2 Å². The van der Waals surface area contributed by atoms with Gasteiger partial charge in [0.25, 0.3) is 0 Å². The lowest BCUT2D eigenvalue weighted by Crippen LogP contribution is -2.55. The Labute approximate surface area is 173 Å². The van der Waals surface area contributed by atoms with Gasteiger partial charge in [-0.15, -0.1) is 0 Å². The van der Waals surface area contributed by atoms with E-state index in [2.05, 4.69) is 10.6 Å². The van der Waals surface area contributed by atoms with Crippen molar-refractivity contribution in [3.63, 3.8) is 0 Å². The molecule has 30 heavy (non-hydrogen) atoms. The second kappa shape index (κ2) is 10.5. The van der Waals surface area contributed by atoms with Crippen LogP contribution in [0.25, 0.3) is 11.1 Å². The van der Waals surface area contributed by atoms with Crippen LogP contribution in [0.4, 0.5) is 0 Å². The van der Waals surface area contributed by atoms with Crippen LogP contribution in [0.5, 0.6) is 0 Å². The number of hydrogen-bond acceptors (Lipinski definition) is 5. The maximum Gasteiger partial charge on any atom is 0.339 e. The fourth-order valence-electron chi connectivity index (χ4n) is 2.86. The van der Waals surface area contributed by atoms with Gasteiger partial charge in [-0.25, -0.2) is 4.79 Å². The maximum atomic E-state index is 12.4. The summed E-state index contributed by atoms with van der Waals surface area (Å²) in [6.45, 7) is 1.26. The molecule has 0 bridgehead atoms. The molecule has 0 aromatic heterocycles. The summed E-state index contributed by atoms with van der Waals surface area (Å²) in [5, 5.41) is 23.8. The fourth-order valence-corrected chi connectivity index (χ4v) is 3.30. The first kappa shape index (κ1) is 23.7. The lowest BCUT2D eigenvalue weighted by molar-refractivity contribution is -0.142. The second-order valence-corrected chi connectivity index (χ2v) is 8.56. The Kier molecular flexibility index (Phi) is 8.28. The van der Waals surface area contributed by atoms with Crippen molar-refractivity contribution in [3.05, 3.63) is 60.2 Å². The number of aliphatic carboxylic acids is 1. The van der Waals surface area contributed by atoms with Gasteiger partial charge in [0, 0.05) is 6.42 Å². The van der Waals surface area contributed by atoms with Gasteiger partial charge in [0.05, 0.1) is 12.4 Å². The first-order valence-corrected chi connectivity index (χ1v) is 11.0. The smallest absolute Gasteiger partial charge is 0.339 e. The van der Waals surface area contributed by atoms with Crippen LogP contribution < -0.4 is 10.6 Å². The molecule has 3 atom stereocenters. The van der Waals surface area contributed by atoms with Crippen LogP contribution >= 0.6 is 7.60 Å². The molecule has 0 aliphatic heterocycles. The Bertz CT molecular complexity index is 897. The molecule has 0 unspecified atom stereocenters. The monoisotopic (exact) mass is 436 g/mol. The van der Waals surface area contributed by atoms with E-state index in [1.54, 1.807) is 12.1 Å². The predicted octanol–water partition coefficient (Wildman–Crippen LogP) is 0.940. The van der Waals surface area contributed by atoms with Crippen LogP contribution in [0.2, 0.25) is 0 Å². The number of carbonyl (C=O) groups excluding carboxylic acids is 1. The average Bonchev–Trinajstić information content (AvgIpc) is 2.67. The molecule has 1 amide bonds. The number of hydrogen-bond donors (Lipinski definition) is 6. The van der Waals surface area contributed by atoms with Crippen molar-refractivity contribution in [1.29, 1.82) is 0 Å². The van der Waals surface area contributed by atoms with Gasteiger partial charge >= 0.3 is 13.6 Å². The molecule has 0 aliphatic carbocycles. The van der Waals surface area contributed by atoms with E-state index >= 15 is 0 Å². The highest BCUT2D eigenvalue weighted by Crippen LogP contribution is 2.32. The maximum absolute atomic E-state index is 12.4. The zero-order valence-corrected chi connectivity index (χ0v) is 17.2. The number of aliphatic hydroxyl groups is 1. The molecule has 0 saturated carbocycles. The molecule has 6 N–H and O–H groups in total. The number of nitrogens with one attached hydrogen (secondary N) is 2. The highest BCUT2D eigenvalue weighted by molar-refractivity contribution is 7.51. The van der Waals surface area contributed by atoms with Crippen molar-refractivity contribution in [2.45, 2.75) is 31.5 Å². The van der Waals surface area contributed by atoms with Gasteiger partial charge in [-0.3, -0.25) is 14.7 Å². The molecule has 0 aliphatic rings. The van der Waals surface area contributed by atoms with Crippen molar-refractivity contribution in [2.24, 2.45) is 0 Å². The molecular weight excluding hydrogens is 411 g/mol. The highest BCUT2D eigenvalue weighted by atomic mass is 31.2. The van der Waals surface area contributed by atoms with E-state index in [1.807, 2.05) is 42.5 Å². The van der Waals surface area contributed by atoms with E-state index in [0.29, 0.717) is 5.56 Å². The van der Waals surface area contributed by atoms with E-state index < -0.39 is 43.9 Å². The first-order chi connectivity index (χ1) is 14.1. The van der Waals surface area contributed by atoms with Crippen LogP contribution in [0.15, 0.2) is 54.6 Å². The van der Waals surface area contributed by atoms with Gasteiger partial charge in [-0.2, -0.15) is 0 Å². The largest absolute Gasteiger partial charge is 0.480 e. The summed E-state index contributed by atoms with van der Waals surface area (Å²) in [5.74, 6) is -2.14. The predicted molar refractivity (Wildman–Crippen MR) is 111 cm³/mol. The molecule has 162 valence electrons. The molecular formula is C20H25N2O7P. The SMILES string of the molecule is C[C@H](O)[C@H](NCP(=O)(O)O)C(=O)N[C@@H](Cc1ccc(-c2ccccc2)cc1)C(=O)O. The normalized spacial score (nSPS) is 14.5. The summed E-state index contributed by atoms with van der Waals surface area (Å²) in [7, 11) is -4.46. The second-order valence-electron chi connectivity index (χ2n) is 6.91. The minimum atomic E-state index is -4.46. The Morgan fingerprint density at radius 1 is 1.00 bits per heavy atom. The van der Waals surface area contributed by atoms with Crippen LogP contribution in [-0.2, 0) is 20.6 Å². The number of rotatable bonds is 10. The molecule has 2 rings (SSSR count). The fraction of sp³-hybridized carbons (Fsp3) is 0.300. The third kappa shape index (κ3) is 7.37. The molecule has 0 heterocycles. The number of amides is 1. The number of carbonyl (C=O) groups is 2. The molecule has 10 heteroatoms. The summed E-state index contributed by atoms with van der Waals surface area (Å²) in [6.07, 6.45) is -2.12. The summed E-state index contributed by atoms with van der Waals surface area (Å²) < 4.78 is 11.0. The lowest BCUT2D eigenvalue weighted by atomic mass is 10.0. The topological polar surface area (TPSA) is 156 Å². The number of benzene rings is 2. The number of aliphatic hydroxyl groups excluding tert-OH is 1. The van der Waals surface area contributed by atoms with E-state index in [0.717, 1.165) is 11.1 Å². The summed E-state index contributed by atoms with van der Waals surface area (Å²) in [6, 6.07) is 14.2. The third-order valence-corrected chi connectivity index (χ3v) is 4.99. The van der Waals surface area contributed by atoms with E-state index in [9.17, 15) is 24.4 Å². The van der Waals surface area contributed by atoms with E-state index in [-0.39, 0.29) is 6.42 Å². The van der Waals surface area contributed by atoms with E-state index in [4.69, 9.17) is 9.79 Å². The summed E-state index contributed by atoms with van der Waals surface area (Å²) >= 11 is 0. The van der Waals surface area contributed by atoms with Crippen LogP contribution in [-0.4, -0.2) is 56.3 Å². The molecule has 2 aromatic rings. The molecule has 9 nitrogen and oxygen atoms in total. The highest BCUT2D eigenvalue weighted by Gasteiger charge is 2.30. The Balaban J connectivity index is 2.07. The molecule has 0 fully saturated rings. The Hall–Kier alpha value is -2.55. The number of carboxylic acid groups (broad SMARTS) is 1. The minimum Gasteiger partial charge on any atom is -0.480 e. The first-order valence-electron chi connectivity index (χ1n) is 9.20. The summed E-state index contributed by atoms with van der Waals surface area (Å²) in [5.41, 5.74) is 2.66. The van der Waals surface area contributed by atoms with Crippen molar-refractivity contribution in [3.8, 4) is 11.1 Å². The van der Waals surface area contributed by atoms with Crippen LogP contribution in [0.3, 0.4) is 0 Å². The van der Waals surface area contributed by atoms with Gasteiger partial charge in [0.15, 0.2) is 0 Å². The molecule has 2 aromatic carbocycles. The zero-order valence-electron chi connectivity index (χ0n) is 16.3. The van der Waals surface area contributed by atoms with Gasteiger partial charge in [0.2, 0.25) is 5.91 Å². The quantitative estimate of drug-likeness (QED) is 0.301. The third-order valence-electron chi connectivity index (χ3n) is 4.40. The van der Waals surface area contributed by atoms with Crippen LogP contribution in [0.1, 0.15) is 12.5 Å². The molecule has 0 radical (unpaired) electrons. The molecule has 0 saturated heterocycles. The minimum absolute atomic E-state index is 0.00116. The standard InChI is InChI=1S/C20H25N2O7P/c1-13(23)18(21-12-30(27,28)29)19(24)22-17(20(25)26)11-14-7-9-16(10-8-14)15-5-3-2-4-6-15/h2-10,13,17-18,21,23H,11-12H2,1H3,(H,22,24)(H,25,26)(H2,27,28,29)/t13-,17-,18-/m0/s1. The van der Waals surface area contributed by atoms with Crippen molar-refractivity contribution in [2.75, 3.05) is 6.29 Å². The van der Waals surface area contributed by atoms with Gasteiger partial charge in [0.1, 0.15) is 12.1 Å². The van der Waals surface area contributed by atoms with E-state index in [1.165, 1.54) is 6.92 Å². The van der Waals surface area contributed by atoms with Gasteiger partial charge in [-0.1, -0.05) is 54.6 Å². The van der Waals surface area contributed by atoms with Crippen molar-refractivity contribution >= 4 is 19.5 Å². The van der Waals surface area contributed by atoms with Gasteiger partial charge in [-0.05, 0) is 23.6 Å². The van der Waals surface area contributed by atoms with Crippen LogP contribution in [0, 0.1) is 0 Å². The summed E-state index contributed by atoms with van der Waals surface area (Å²) in [4.78, 5) is 41.9. The van der Waals surface area contributed by atoms with Gasteiger partial charge < -0.3 is 25.3 Å². The molecule has 0 spiro atoms. The van der Waals surface area contributed by atoms with Crippen molar-refractivity contribution in [1.82, 2.24) is 10.6 Å². The zero-order chi connectivity index (χ0) is 22.3. The Morgan fingerprint density at radius 3 is 2.07 bits per heavy atom. The Morgan fingerprint density at radius 2 is 1.57 bits per heavy atom.